The van der Waals surface area contributed by atoms with Crippen LogP contribution in [0.5, 0.6) is 0 Å². The van der Waals surface area contributed by atoms with Crippen LogP contribution in [0.15, 0.2) is 82.6 Å². The number of hydrogen-bond donors (Lipinski definition) is 3. The molecule has 1 heterocycles. The van der Waals surface area contributed by atoms with E-state index in [-0.39, 0.29) is 35.7 Å². The van der Waals surface area contributed by atoms with Gasteiger partial charge in [-0.2, -0.15) is 0 Å². The molecule has 0 spiro atoms. The Morgan fingerprint density at radius 2 is 1.55 bits per heavy atom. The van der Waals surface area contributed by atoms with Gasteiger partial charge in [-0.3, -0.25) is 14.4 Å². The van der Waals surface area contributed by atoms with Gasteiger partial charge in [-0.05, 0) is 36.2 Å². The Balaban J connectivity index is 1.60. The van der Waals surface area contributed by atoms with Crippen molar-refractivity contribution in [2.24, 2.45) is 0 Å². The van der Waals surface area contributed by atoms with Gasteiger partial charge in [-0.15, -0.1) is 12.3 Å². The van der Waals surface area contributed by atoms with Crippen molar-refractivity contribution in [2.45, 2.75) is 24.3 Å². The molecule has 3 aromatic rings. The van der Waals surface area contributed by atoms with E-state index in [4.69, 9.17) is 11.2 Å². The molecule has 3 rings (SSSR count). The summed E-state index contributed by atoms with van der Waals surface area (Å²) in [6, 6.07) is 16.4. The minimum Gasteiger partial charge on any atom is -0.445 e. The van der Waals surface area contributed by atoms with Crippen molar-refractivity contribution in [1.82, 2.24) is 19.9 Å². The van der Waals surface area contributed by atoms with Gasteiger partial charge in [0, 0.05) is 43.9 Å². The molecule has 0 aliphatic rings. The molecule has 0 aliphatic carbocycles. The lowest BCUT2D eigenvalue weighted by atomic mass is 10.2. The number of unbranched alkanes of at least 4 members (excludes halogenated alkanes) is 1. The lowest BCUT2D eigenvalue weighted by molar-refractivity contribution is 0.0944. The van der Waals surface area contributed by atoms with Crippen molar-refractivity contribution in [2.75, 3.05) is 19.6 Å². The molecule has 3 N–H and O–H groups in total. The molecule has 0 saturated carbocycles. The molecule has 0 saturated heterocycles. The van der Waals surface area contributed by atoms with Crippen LogP contribution < -0.4 is 21.5 Å². The van der Waals surface area contributed by atoms with Crippen LogP contribution in [0.3, 0.4) is 0 Å². The summed E-state index contributed by atoms with van der Waals surface area (Å²) in [7, 11) is -4.43. The normalized spacial score (nSPS) is 10.7. The predicted molar refractivity (Wildman–Crippen MR) is 147 cm³/mol. The minimum atomic E-state index is -4.43. The first-order valence-electron chi connectivity index (χ1n) is 12.2. The third-order valence-corrected chi connectivity index (χ3v) is 7.12. The van der Waals surface area contributed by atoms with Crippen LogP contribution in [-0.2, 0) is 21.4 Å². The SMILES string of the molecule is C#CCCCNC(=O)c1cccc(S(=O)(=O)n2cc(C(=O)NCCNC(=O)OCc3ccccc3)ccc2=O)c1. The first kappa shape index (κ1) is 29.7. The Bertz CT molecular complexity index is 1560. The number of hydrogen-bond acceptors (Lipinski definition) is 7. The van der Waals surface area contributed by atoms with Crippen molar-refractivity contribution in [3.05, 3.63) is 100.0 Å². The molecule has 11 nitrogen and oxygen atoms in total. The number of carbonyl (C=O) groups excluding carboxylic acids is 3. The molecule has 0 atom stereocenters. The number of terminal acetylenes is 1. The minimum absolute atomic E-state index is 0.0175. The van der Waals surface area contributed by atoms with Crippen LogP contribution in [0, 0.1) is 12.3 Å². The number of nitrogens with zero attached hydrogens (tertiary/aromatic N) is 1. The first-order valence-corrected chi connectivity index (χ1v) is 13.7. The zero-order valence-corrected chi connectivity index (χ0v) is 22.3. The second kappa shape index (κ2) is 14.3. The summed E-state index contributed by atoms with van der Waals surface area (Å²) in [4.78, 5) is 48.9. The van der Waals surface area contributed by atoms with E-state index in [0.29, 0.717) is 23.4 Å². The molecule has 40 heavy (non-hydrogen) atoms. The van der Waals surface area contributed by atoms with Crippen molar-refractivity contribution < 1.29 is 27.5 Å². The average Bonchev–Trinajstić information content (AvgIpc) is 2.97. The highest BCUT2D eigenvalue weighted by atomic mass is 32.2. The Labute approximate surface area is 231 Å². The highest BCUT2D eigenvalue weighted by Gasteiger charge is 2.21. The third kappa shape index (κ3) is 8.31. The van der Waals surface area contributed by atoms with E-state index in [1.165, 1.54) is 24.3 Å². The smallest absolute Gasteiger partial charge is 0.407 e. The first-order chi connectivity index (χ1) is 19.2. The number of aromatic nitrogens is 1. The van der Waals surface area contributed by atoms with Gasteiger partial charge < -0.3 is 20.7 Å². The monoisotopic (exact) mass is 564 g/mol. The summed E-state index contributed by atoms with van der Waals surface area (Å²) < 4.78 is 32.0. The number of pyridine rings is 1. The topological polar surface area (TPSA) is 153 Å². The molecule has 2 aromatic carbocycles. The van der Waals surface area contributed by atoms with Gasteiger partial charge in [-0.25, -0.2) is 17.2 Å². The van der Waals surface area contributed by atoms with Gasteiger partial charge in [0.05, 0.1) is 10.5 Å². The van der Waals surface area contributed by atoms with Crippen LogP contribution in [0.2, 0.25) is 0 Å². The number of ether oxygens (including phenoxy) is 1. The molecule has 208 valence electrons. The summed E-state index contributed by atoms with van der Waals surface area (Å²) in [5.41, 5.74) is -0.0820. The largest absolute Gasteiger partial charge is 0.445 e. The van der Waals surface area contributed by atoms with Gasteiger partial charge in [0.2, 0.25) is 0 Å². The fourth-order valence-electron chi connectivity index (χ4n) is 3.41. The highest BCUT2D eigenvalue weighted by molar-refractivity contribution is 7.90. The summed E-state index contributed by atoms with van der Waals surface area (Å²) >= 11 is 0. The number of alkyl carbamates (subject to hydrolysis) is 1. The zero-order chi connectivity index (χ0) is 29.0. The number of carbonyl (C=O) groups is 3. The third-order valence-electron chi connectivity index (χ3n) is 5.47. The van der Waals surface area contributed by atoms with E-state index < -0.39 is 33.5 Å². The van der Waals surface area contributed by atoms with Gasteiger partial charge in [0.1, 0.15) is 6.61 Å². The van der Waals surface area contributed by atoms with E-state index in [0.717, 1.165) is 23.9 Å². The lowest BCUT2D eigenvalue weighted by Gasteiger charge is -2.11. The predicted octanol–water partition coefficient (Wildman–Crippen LogP) is 1.88. The number of nitrogens with one attached hydrogen (secondary N) is 3. The van der Waals surface area contributed by atoms with Gasteiger partial charge in [0.25, 0.3) is 27.4 Å². The van der Waals surface area contributed by atoms with Crippen LogP contribution >= 0.6 is 0 Å². The fraction of sp³-hybridized carbons (Fsp3) is 0.214. The van der Waals surface area contributed by atoms with Gasteiger partial charge in [-0.1, -0.05) is 36.4 Å². The van der Waals surface area contributed by atoms with Crippen molar-refractivity contribution in [3.8, 4) is 12.3 Å². The van der Waals surface area contributed by atoms with Crippen LogP contribution in [0.4, 0.5) is 4.79 Å². The molecule has 1 aromatic heterocycles. The van der Waals surface area contributed by atoms with Crippen LogP contribution in [0.1, 0.15) is 39.1 Å². The maximum Gasteiger partial charge on any atom is 0.407 e. The zero-order valence-electron chi connectivity index (χ0n) is 21.5. The van der Waals surface area contributed by atoms with E-state index in [1.54, 1.807) is 0 Å². The molecule has 3 amide bonds. The van der Waals surface area contributed by atoms with Crippen molar-refractivity contribution in [3.63, 3.8) is 0 Å². The summed E-state index contributed by atoms with van der Waals surface area (Å²) in [5, 5.41) is 7.67. The lowest BCUT2D eigenvalue weighted by Crippen LogP contribution is -2.35. The van der Waals surface area contributed by atoms with Crippen LogP contribution in [0.25, 0.3) is 0 Å². The second-order valence-corrected chi connectivity index (χ2v) is 10.2. The molecule has 12 heteroatoms. The van der Waals surface area contributed by atoms with E-state index >= 15 is 0 Å². The van der Waals surface area contributed by atoms with E-state index in [2.05, 4.69) is 21.9 Å². The molecular formula is C28H28N4O7S. The fourth-order valence-corrected chi connectivity index (χ4v) is 4.72. The number of amides is 3. The number of rotatable bonds is 12. The van der Waals surface area contributed by atoms with E-state index in [9.17, 15) is 27.6 Å². The molecule has 0 radical (unpaired) electrons. The Morgan fingerprint density at radius 3 is 2.30 bits per heavy atom. The second-order valence-electron chi connectivity index (χ2n) is 8.39. The maximum absolute atomic E-state index is 13.2. The highest BCUT2D eigenvalue weighted by Crippen LogP contribution is 2.15. The van der Waals surface area contributed by atoms with E-state index in [1.807, 2.05) is 30.3 Å². The average molecular weight is 565 g/mol. The summed E-state index contributed by atoms with van der Waals surface area (Å²) in [6.07, 6.45) is 6.48. The van der Waals surface area contributed by atoms with Crippen molar-refractivity contribution in [1.29, 1.82) is 0 Å². The number of benzene rings is 2. The van der Waals surface area contributed by atoms with Crippen molar-refractivity contribution >= 4 is 27.9 Å². The Hall–Kier alpha value is -4.89. The molecule has 0 unspecified atom stereocenters. The van der Waals surface area contributed by atoms with Crippen LogP contribution in [-0.4, -0.2) is 49.9 Å². The Kier molecular flexibility index (Phi) is 10.6. The summed E-state index contributed by atoms with van der Waals surface area (Å²) in [6.45, 7) is 0.481. The van der Waals surface area contributed by atoms with Gasteiger partial charge in [0.15, 0.2) is 0 Å². The Morgan fingerprint density at radius 1 is 0.850 bits per heavy atom. The van der Waals surface area contributed by atoms with Gasteiger partial charge >= 0.3 is 6.09 Å². The molecule has 0 bridgehead atoms. The quantitative estimate of drug-likeness (QED) is 0.224. The maximum atomic E-state index is 13.2. The summed E-state index contributed by atoms with van der Waals surface area (Å²) in [5.74, 6) is 1.30. The molecule has 0 aliphatic heterocycles. The molecule has 0 fully saturated rings. The standard InChI is InChI=1S/C28H28N4O7S/c1-2-3-7-15-29-26(34)22-11-8-12-24(18-22)40(37,38)32-19-23(13-14-25(32)33)27(35)30-16-17-31-28(36)39-20-21-9-5-4-6-10-21/h1,4-6,8-14,18-19H,3,7,15-17,20H2,(H,29,34)(H,30,35)(H,31,36). The molecular weight excluding hydrogens is 536 g/mol.